The Morgan fingerprint density at radius 1 is 1.31 bits per heavy atom. The summed E-state index contributed by atoms with van der Waals surface area (Å²) in [4.78, 5) is 20.8. The van der Waals surface area contributed by atoms with E-state index in [1.54, 1.807) is 0 Å². The van der Waals surface area contributed by atoms with Crippen LogP contribution in [0.1, 0.15) is 37.3 Å². The van der Waals surface area contributed by atoms with Crippen LogP contribution in [0.2, 0.25) is 0 Å². The van der Waals surface area contributed by atoms with Crippen molar-refractivity contribution in [3.8, 4) is 0 Å². The van der Waals surface area contributed by atoms with Gasteiger partial charge in [-0.05, 0) is 50.6 Å². The first-order valence-electron chi connectivity index (χ1n) is 9.05. The predicted octanol–water partition coefficient (Wildman–Crippen LogP) is 2.76. The van der Waals surface area contributed by atoms with Crippen LogP contribution in [0, 0.1) is 6.92 Å². The SMILES string of the molecule is CC(=O)O.Cc1cccc(CSCCCNC(=O)NC2CCNCC2)c1. The van der Waals surface area contributed by atoms with Gasteiger partial charge in [0.15, 0.2) is 0 Å². The first-order valence-corrected chi connectivity index (χ1v) is 10.2. The lowest BCUT2D eigenvalue weighted by Crippen LogP contribution is -2.46. The second kappa shape index (κ2) is 13.5. The van der Waals surface area contributed by atoms with Crippen molar-refractivity contribution in [1.29, 1.82) is 0 Å². The lowest BCUT2D eigenvalue weighted by atomic mass is 10.1. The van der Waals surface area contributed by atoms with E-state index in [4.69, 9.17) is 9.90 Å². The highest BCUT2D eigenvalue weighted by atomic mass is 32.2. The van der Waals surface area contributed by atoms with Gasteiger partial charge in [-0.15, -0.1) is 0 Å². The molecule has 6 nitrogen and oxygen atoms in total. The highest BCUT2D eigenvalue weighted by molar-refractivity contribution is 7.98. The Bertz CT molecular complexity index is 545. The molecule has 7 heteroatoms. The predicted molar refractivity (Wildman–Crippen MR) is 108 cm³/mol. The maximum atomic E-state index is 11.8. The largest absolute Gasteiger partial charge is 0.481 e. The molecule has 2 amide bonds. The van der Waals surface area contributed by atoms with Crippen molar-refractivity contribution < 1.29 is 14.7 Å². The Morgan fingerprint density at radius 3 is 2.65 bits per heavy atom. The Hall–Kier alpha value is -1.73. The zero-order valence-corrected chi connectivity index (χ0v) is 16.5. The lowest BCUT2D eigenvalue weighted by Gasteiger charge is -2.23. The van der Waals surface area contributed by atoms with Crippen molar-refractivity contribution in [3.63, 3.8) is 0 Å². The first kappa shape index (κ1) is 22.3. The first-order chi connectivity index (χ1) is 12.5. The third-order valence-electron chi connectivity index (χ3n) is 3.78. The molecule has 1 fully saturated rings. The van der Waals surface area contributed by atoms with Crippen molar-refractivity contribution in [1.82, 2.24) is 16.0 Å². The van der Waals surface area contributed by atoms with Gasteiger partial charge in [-0.2, -0.15) is 11.8 Å². The number of rotatable bonds is 7. The number of benzene rings is 1. The molecule has 0 spiro atoms. The highest BCUT2D eigenvalue weighted by Gasteiger charge is 2.14. The van der Waals surface area contributed by atoms with Crippen LogP contribution in [-0.2, 0) is 10.5 Å². The number of hydrogen-bond acceptors (Lipinski definition) is 4. The van der Waals surface area contributed by atoms with E-state index in [1.807, 2.05) is 11.8 Å². The number of nitrogens with one attached hydrogen (secondary N) is 3. The zero-order valence-electron chi connectivity index (χ0n) is 15.7. The minimum absolute atomic E-state index is 0.0180. The third kappa shape index (κ3) is 11.8. The number of aliphatic carboxylic acids is 1. The topological polar surface area (TPSA) is 90.5 Å². The highest BCUT2D eigenvalue weighted by Crippen LogP contribution is 2.14. The van der Waals surface area contributed by atoms with E-state index < -0.39 is 5.97 Å². The number of urea groups is 1. The van der Waals surface area contributed by atoms with Crippen LogP contribution in [0.4, 0.5) is 4.79 Å². The van der Waals surface area contributed by atoms with E-state index in [0.29, 0.717) is 6.04 Å². The number of hydrogen-bond donors (Lipinski definition) is 4. The van der Waals surface area contributed by atoms with Crippen molar-refractivity contribution in [2.24, 2.45) is 0 Å². The molecule has 1 saturated heterocycles. The summed E-state index contributed by atoms with van der Waals surface area (Å²) in [7, 11) is 0. The van der Waals surface area contributed by atoms with Crippen molar-refractivity contribution in [2.75, 3.05) is 25.4 Å². The fraction of sp³-hybridized carbons (Fsp3) is 0.579. The van der Waals surface area contributed by atoms with Crippen LogP contribution in [0.5, 0.6) is 0 Å². The average Bonchev–Trinajstić information content (AvgIpc) is 2.58. The fourth-order valence-electron chi connectivity index (χ4n) is 2.57. The normalized spacial score (nSPS) is 14.1. The number of carbonyl (C=O) groups excluding carboxylic acids is 1. The Balaban J connectivity index is 0.000000765. The van der Waals surface area contributed by atoms with Crippen LogP contribution in [0.25, 0.3) is 0 Å². The summed E-state index contributed by atoms with van der Waals surface area (Å²) in [6, 6.07) is 8.95. The minimum Gasteiger partial charge on any atom is -0.481 e. The molecule has 4 N–H and O–H groups in total. The summed E-state index contributed by atoms with van der Waals surface area (Å²) in [6.07, 6.45) is 3.07. The van der Waals surface area contributed by atoms with Crippen molar-refractivity contribution in [3.05, 3.63) is 35.4 Å². The van der Waals surface area contributed by atoms with E-state index in [9.17, 15) is 4.79 Å². The lowest BCUT2D eigenvalue weighted by molar-refractivity contribution is -0.134. The van der Waals surface area contributed by atoms with Gasteiger partial charge >= 0.3 is 6.03 Å². The van der Waals surface area contributed by atoms with Crippen molar-refractivity contribution >= 4 is 23.8 Å². The average molecular weight is 382 g/mol. The Labute approximate surface area is 160 Å². The molecule has 0 atom stereocenters. The van der Waals surface area contributed by atoms with E-state index >= 15 is 0 Å². The second-order valence-electron chi connectivity index (χ2n) is 6.34. The van der Waals surface area contributed by atoms with Crippen molar-refractivity contribution in [2.45, 2.75) is 44.9 Å². The molecule has 1 aliphatic rings. The molecule has 0 radical (unpaired) electrons. The molecule has 26 heavy (non-hydrogen) atoms. The van der Waals surface area contributed by atoms with Crippen LogP contribution in [-0.4, -0.2) is 48.5 Å². The summed E-state index contributed by atoms with van der Waals surface area (Å²) in [6.45, 7) is 5.96. The van der Waals surface area contributed by atoms with Crippen LogP contribution >= 0.6 is 11.8 Å². The van der Waals surface area contributed by atoms with Gasteiger partial charge in [0.05, 0.1) is 0 Å². The molecular formula is C19H31N3O3S. The molecule has 1 aromatic carbocycles. The maximum Gasteiger partial charge on any atom is 0.315 e. The smallest absolute Gasteiger partial charge is 0.315 e. The Kier molecular flexibility index (Phi) is 11.6. The summed E-state index contributed by atoms with van der Waals surface area (Å²) >= 11 is 1.92. The van der Waals surface area contributed by atoms with E-state index in [-0.39, 0.29) is 6.03 Å². The number of amides is 2. The molecule has 0 aliphatic carbocycles. The summed E-state index contributed by atoms with van der Waals surface area (Å²) in [5.41, 5.74) is 2.69. The molecule has 2 rings (SSSR count). The van der Waals surface area contributed by atoms with Gasteiger partial charge in [0, 0.05) is 25.3 Å². The number of aryl methyl sites for hydroxylation is 1. The quantitative estimate of drug-likeness (QED) is 0.545. The Morgan fingerprint density at radius 2 is 2.00 bits per heavy atom. The minimum atomic E-state index is -0.833. The van der Waals surface area contributed by atoms with Gasteiger partial charge in [-0.3, -0.25) is 4.79 Å². The number of carboxylic acids is 1. The number of carbonyl (C=O) groups is 2. The molecule has 1 aliphatic heterocycles. The number of thioether (sulfide) groups is 1. The standard InChI is InChI=1S/C17H27N3OS.C2H4O2/c1-14-4-2-5-15(12-14)13-22-11-3-8-19-17(21)20-16-6-9-18-10-7-16;1-2(3)4/h2,4-5,12,16,18H,3,6-11,13H2,1H3,(H2,19,20,21);1H3,(H,3,4). The van der Waals surface area contributed by atoms with E-state index in [2.05, 4.69) is 47.1 Å². The summed E-state index contributed by atoms with van der Waals surface area (Å²) < 4.78 is 0. The summed E-state index contributed by atoms with van der Waals surface area (Å²) in [5.74, 6) is 1.28. The van der Waals surface area contributed by atoms with Gasteiger partial charge in [0.25, 0.3) is 5.97 Å². The number of carboxylic acid groups (broad SMARTS) is 1. The molecule has 1 heterocycles. The third-order valence-corrected chi connectivity index (χ3v) is 4.89. The molecular weight excluding hydrogens is 350 g/mol. The van der Waals surface area contributed by atoms with Gasteiger partial charge in [0.1, 0.15) is 0 Å². The van der Waals surface area contributed by atoms with Gasteiger partial charge in [-0.1, -0.05) is 29.8 Å². The van der Waals surface area contributed by atoms with Gasteiger partial charge in [-0.25, -0.2) is 4.79 Å². The summed E-state index contributed by atoms with van der Waals surface area (Å²) in [5, 5.41) is 16.7. The zero-order chi connectivity index (χ0) is 19.2. The van der Waals surface area contributed by atoms with Gasteiger partial charge < -0.3 is 21.1 Å². The second-order valence-corrected chi connectivity index (χ2v) is 7.44. The molecule has 0 aromatic heterocycles. The fourth-order valence-corrected chi connectivity index (χ4v) is 3.48. The monoisotopic (exact) mass is 381 g/mol. The van der Waals surface area contributed by atoms with Crippen LogP contribution < -0.4 is 16.0 Å². The molecule has 0 saturated carbocycles. The molecule has 0 bridgehead atoms. The van der Waals surface area contributed by atoms with E-state index in [1.165, 1.54) is 11.1 Å². The number of piperidine rings is 1. The maximum absolute atomic E-state index is 11.8. The van der Waals surface area contributed by atoms with Crippen LogP contribution in [0.15, 0.2) is 24.3 Å². The molecule has 146 valence electrons. The van der Waals surface area contributed by atoms with Gasteiger partial charge in [0.2, 0.25) is 0 Å². The van der Waals surface area contributed by atoms with Crippen LogP contribution in [0.3, 0.4) is 0 Å². The molecule has 0 unspecified atom stereocenters. The molecule has 1 aromatic rings. The van der Waals surface area contributed by atoms with E-state index in [0.717, 1.165) is 57.3 Å².